The van der Waals surface area contributed by atoms with Gasteiger partial charge in [0, 0.05) is 19.7 Å². The van der Waals surface area contributed by atoms with Crippen LogP contribution in [0.2, 0.25) is 0 Å². The smallest absolute Gasteiger partial charge is 0.264 e. The van der Waals surface area contributed by atoms with Crippen LogP contribution in [-0.4, -0.2) is 36.6 Å². The Balaban J connectivity index is 1.50. The molecule has 1 aromatic heterocycles. The molecule has 1 unspecified atom stereocenters. The first-order chi connectivity index (χ1) is 8.33. The van der Waals surface area contributed by atoms with Crippen LogP contribution in [0, 0.1) is 5.92 Å². The molecule has 0 radical (unpaired) electrons. The average molecular weight is 251 g/mol. The standard InChI is InChI=1S/C13H17NO2S/c15-13(12-2-1-7-17-12)14-6-5-11(8-14)16-9-10-3-4-10/h1-2,7,10-11H,3-6,8-9H2. The monoisotopic (exact) mass is 251 g/mol. The Morgan fingerprint density at radius 2 is 2.35 bits per heavy atom. The third-order valence-electron chi connectivity index (χ3n) is 3.43. The summed E-state index contributed by atoms with van der Waals surface area (Å²) in [5, 5.41) is 1.95. The first-order valence-electron chi connectivity index (χ1n) is 6.27. The molecule has 2 aliphatic rings. The number of hydrogen-bond acceptors (Lipinski definition) is 3. The number of nitrogens with zero attached hydrogens (tertiary/aromatic N) is 1. The molecule has 3 rings (SSSR count). The summed E-state index contributed by atoms with van der Waals surface area (Å²) in [5.74, 6) is 0.967. The van der Waals surface area contributed by atoms with Gasteiger partial charge < -0.3 is 9.64 Å². The number of amides is 1. The van der Waals surface area contributed by atoms with Crippen molar-refractivity contribution in [3.05, 3.63) is 22.4 Å². The second kappa shape index (κ2) is 4.78. The zero-order valence-electron chi connectivity index (χ0n) is 9.80. The predicted molar refractivity (Wildman–Crippen MR) is 67.3 cm³/mol. The highest BCUT2D eigenvalue weighted by Crippen LogP contribution is 2.30. The van der Waals surface area contributed by atoms with Crippen LogP contribution >= 0.6 is 11.3 Å². The fourth-order valence-electron chi connectivity index (χ4n) is 2.16. The molecule has 1 aliphatic heterocycles. The Labute approximate surface area is 105 Å². The summed E-state index contributed by atoms with van der Waals surface area (Å²) in [5.41, 5.74) is 0. The number of carbonyl (C=O) groups is 1. The Morgan fingerprint density at radius 3 is 3.06 bits per heavy atom. The van der Waals surface area contributed by atoms with Crippen molar-refractivity contribution in [1.82, 2.24) is 4.90 Å². The third-order valence-corrected chi connectivity index (χ3v) is 4.29. The van der Waals surface area contributed by atoms with Gasteiger partial charge in [-0.05, 0) is 36.6 Å². The van der Waals surface area contributed by atoms with Crippen LogP contribution in [0.25, 0.3) is 0 Å². The van der Waals surface area contributed by atoms with Crippen molar-refractivity contribution in [2.75, 3.05) is 19.7 Å². The minimum absolute atomic E-state index is 0.164. The van der Waals surface area contributed by atoms with Crippen LogP contribution in [0.15, 0.2) is 17.5 Å². The number of hydrogen-bond donors (Lipinski definition) is 0. The summed E-state index contributed by atoms with van der Waals surface area (Å²) in [4.78, 5) is 14.8. The molecule has 1 saturated carbocycles. The molecule has 3 nitrogen and oxygen atoms in total. The van der Waals surface area contributed by atoms with E-state index in [1.54, 1.807) is 0 Å². The lowest BCUT2D eigenvalue weighted by atomic mass is 10.3. The minimum atomic E-state index is 0.164. The summed E-state index contributed by atoms with van der Waals surface area (Å²) >= 11 is 1.52. The van der Waals surface area contributed by atoms with Gasteiger partial charge in [-0.3, -0.25) is 4.79 Å². The molecular weight excluding hydrogens is 234 g/mol. The number of thiophene rings is 1. The van der Waals surface area contributed by atoms with Crippen molar-refractivity contribution in [2.45, 2.75) is 25.4 Å². The predicted octanol–water partition coefficient (Wildman–Crippen LogP) is 2.39. The maximum Gasteiger partial charge on any atom is 0.264 e. The maximum atomic E-state index is 12.1. The van der Waals surface area contributed by atoms with Gasteiger partial charge in [-0.1, -0.05) is 6.07 Å². The molecule has 92 valence electrons. The van der Waals surface area contributed by atoms with Gasteiger partial charge in [-0.25, -0.2) is 0 Å². The summed E-state index contributed by atoms with van der Waals surface area (Å²) < 4.78 is 5.83. The van der Waals surface area contributed by atoms with Crippen molar-refractivity contribution < 1.29 is 9.53 Å². The number of carbonyl (C=O) groups excluding carboxylic acids is 1. The van der Waals surface area contributed by atoms with Crippen molar-refractivity contribution in [2.24, 2.45) is 5.92 Å². The summed E-state index contributed by atoms with van der Waals surface area (Å²) in [6.45, 7) is 2.50. The molecule has 0 N–H and O–H groups in total. The molecule has 1 saturated heterocycles. The van der Waals surface area contributed by atoms with Gasteiger partial charge in [-0.2, -0.15) is 0 Å². The minimum Gasteiger partial charge on any atom is -0.376 e. The molecule has 2 fully saturated rings. The van der Waals surface area contributed by atoms with E-state index in [-0.39, 0.29) is 12.0 Å². The van der Waals surface area contributed by atoms with Crippen LogP contribution in [0.5, 0.6) is 0 Å². The van der Waals surface area contributed by atoms with Gasteiger partial charge in [0.25, 0.3) is 5.91 Å². The Kier molecular flexibility index (Phi) is 3.16. The van der Waals surface area contributed by atoms with E-state index < -0.39 is 0 Å². The summed E-state index contributed by atoms with van der Waals surface area (Å²) in [7, 11) is 0. The lowest BCUT2D eigenvalue weighted by molar-refractivity contribution is 0.0482. The van der Waals surface area contributed by atoms with Crippen LogP contribution in [0.1, 0.15) is 28.9 Å². The Hall–Kier alpha value is -0.870. The second-order valence-corrected chi connectivity index (χ2v) is 5.86. The molecule has 1 amide bonds. The largest absolute Gasteiger partial charge is 0.376 e. The second-order valence-electron chi connectivity index (χ2n) is 4.92. The lowest BCUT2D eigenvalue weighted by Crippen LogP contribution is -2.29. The molecule has 1 aliphatic carbocycles. The third kappa shape index (κ3) is 2.69. The van der Waals surface area contributed by atoms with E-state index in [9.17, 15) is 4.79 Å². The van der Waals surface area contributed by atoms with E-state index in [0.29, 0.717) is 0 Å². The molecule has 0 aromatic carbocycles. The van der Waals surface area contributed by atoms with Gasteiger partial charge >= 0.3 is 0 Å². The number of rotatable bonds is 4. The zero-order chi connectivity index (χ0) is 11.7. The van der Waals surface area contributed by atoms with Gasteiger partial charge in [-0.15, -0.1) is 11.3 Å². The van der Waals surface area contributed by atoms with Gasteiger partial charge in [0.1, 0.15) is 0 Å². The quantitative estimate of drug-likeness (QED) is 0.822. The van der Waals surface area contributed by atoms with E-state index in [1.165, 1.54) is 24.2 Å². The van der Waals surface area contributed by atoms with Crippen molar-refractivity contribution in [3.63, 3.8) is 0 Å². The van der Waals surface area contributed by atoms with Crippen LogP contribution in [0.4, 0.5) is 0 Å². The molecule has 1 atom stereocenters. The number of ether oxygens (including phenoxy) is 1. The van der Waals surface area contributed by atoms with Crippen molar-refractivity contribution >= 4 is 17.2 Å². The Morgan fingerprint density at radius 1 is 1.47 bits per heavy atom. The highest BCUT2D eigenvalue weighted by atomic mass is 32.1. The average Bonchev–Trinajstić information content (AvgIpc) is 2.86. The Bertz CT molecular complexity index is 386. The molecule has 17 heavy (non-hydrogen) atoms. The number of likely N-dealkylation sites (tertiary alicyclic amines) is 1. The topological polar surface area (TPSA) is 29.5 Å². The molecule has 4 heteroatoms. The maximum absolute atomic E-state index is 12.1. The van der Waals surface area contributed by atoms with Crippen molar-refractivity contribution in [3.8, 4) is 0 Å². The first kappa shape index (κ1) is 11.2. The van der Waals surface area contributed by atoms with Gasteiger partial charge in [0.15, 0.2) is 0 Å². The van der Waals surface area contributed by atoms with Crippen LogP contribution in [0.3, 0.4) is 0 Å². The van der Waals surface area contributed by atoms with Crippen LogP contribution in [-0.2, 0) is 4.74 Å². The summed E-state index contributed by atoms with van der Waals surface area (Å²) in [6, 6.07) is 3.82. The van der Waals surface area contributed by atoms with E-state index >= 15 is 0 Å². The van der Waals surface area contributed by atoms with E-state index in [1.807, 2.05) is 22.4 Å². The lowest BCUT2D eigenvalue weighted by Gasteiger charge is -2.15. The van der Waals surface area contributed by atoms with E-state index in [2.05, 4.69) is 0 Å². The van der Waals surface area contributed by atoms with Gasteiger partial charge in [0.05, 0.1) is 11.0 Å². The SMILES string of the molecule is O=C(c1cccs1)N1CCC(OCC2CC2)C1. The van der Waals surface area contributed by atoms with Crippen LogP contribution < -0.4 is 0 Å². The van der Waals surface area contributed by atoms with E-state index in [0.717, 1.165) is 36.9 Å². The molecular formula is C13H17NO2S. The normalized spacial score (nSPS) is 24.2. The highest BCUT2D eigenvalue weighted by molar-refractivity contribution is 7.12. The van der Waals surface area contributed by atoms with Gasteiger partial charge in [0.2, 0.25) is 0 Å². The van der Waals surface area contributed by atoms with Crippen molar-refractivity contribution in [1.29, 1.82) is 0 Å². The molecule has 0 spiro atoms. The molecule has 0 bridgehead atoms. The molecule has 2 heterocycles. The fourth-order valence-corrected chi connectivity index (χ4v) is 2.85. The fraction of sp³-hybridized carbons (Fsp3) is 0.615. The van der Waals surface area contributed by atoms with E-state index in [4.69, 9.17) is 4.74 Å². The molecule has 1 aromatic rings. The zero-order valence-corrected chi connectivity index (χ0v) is 10.6. The first-order valence-corrected chi connectivity index (χ1v) is 7.15. The summed E-state index contributed by atoms with van der Waals surface area (Å²) in [6.07, 6.45) is 3.90. The highest BCUT2D eigenvalue weighted by Gasteiger charge is 2.30.